The lowest BCUT2D eigenvalue weighted by Crippen LogP contribution is -2.38. The third kappa shape index (κ3) is 3.30. The van der Waals surface area contributed by atoms with E-state index >= 15 is 0 Å². The van der Waals surface area contributed by atoms with E-state index in [2.05, 4.69) is 24.8 Å². The second kappa shape index (κ2) is 7.34. The van der Waals surface area contributed by atoms with Crippen molar-refractivity contribution in [3.05, 3.63) is 34.9 Å². The minimum atomic E-state index is -0.763. The Morgan fingerprint density at radius 2 is 2.29 bits per heavy atom. The lowest BCUT2D eigenvalue weighted by Gasteiger charge is -2.33. The molecule has 1 saturated heterocycles. The molecule has 0 saturated carbocycles. The summed E-state index contributed by atoms with van der Waals surface area (Å²) in [5, 5.41) is 9.33. The zero-order valence-electron chi connectivity index (χ0n) is 15.4. The molecule has 0 aliphatic carbocycles. The zero-order chi connectivity index (χ0) is 19.7. The summed E-state index contributed by atoms with van der Waals surface area (Å²) < 4.78 is 5.80. The van der Waals surface area contributed by atoms with Gasteiger partial charge >= 0.3 is 5.97 Å². The van der Waals surface area contributed by atoms with Crippen LogP contribution in [0.5, 0.6) is 5.75 Å². The Balaban J connectivity index is 1.72. The lowest BCUT2D eigenvalue weighted by molar-refractivity contribution is -0.141. The molecule has 146 valence electrons. The summed E-state index contributed by atoms with van der Waals surface area (Å²) in [5.41, 5.74) is 1.90. The van der Waals surface area contributed by atoms with Crippen molar-refractivity contribution in [2.24, 2.45) is 5.92 Å². The molecule has 1 unspecified atom stereocenters. The SMILES string of the molecule is CCOc1cc(N2CCCC(C(=O)O)C2)ccc1-c1nc2nc[nH]c2c(=O)[nH]1. The molecule has 9 heteroatoms. The van der Waals surface area contributed by atoms with Gasteiger partial charge in [-0.2, -0.15) is 0 Å². The summed E-state index contributed by atoms with van der Waals surface area (Å²) in [6.45, 7) is 3.59. The van der Waals surface area contributed by atoms with Gasteiger partial charge < -0.3 is 24.7 Å². The number of nitrogens with zero attached hydrogens (tertiary/aromatic N) is 3. The van der Waals surface area contributed by atoms with Crippen LogP contribution in [0.15, 0.2) is 29.3 Å². The number of rotatable bonds is 5. The Morgan fingerprint density at radius 3 is 3.07 bits per heavy atom. The molecule has 0 spiro atoms. The van der Waals surface area contributed by atoms with Crippen molar-refractivity contribution in [1.29, 1.82) is 0 Å². The maximum atomic E-state index is 12.2. The molecule has 0 amide bonds. The van der Waals surface area contributed by atoms with Gasteiger partial charge in [-0.15, -0.1) is 0 Å². The normalized spacial score (nSPS) is 17.0. The molecular formula is C19H21N5O4. The summed E-state index contributed by atoms with van der Waals surface area (Å²) in [5.74, 6) is -0.179. The minimum absolute atomic E-state index is 0.302. The monoisotopic (exact) mass is 383 g/mol. The van der Waals surface area contributed by atoms with Crippen LogP contribution in [0.4, 0.5) is 5.69 Å². The zero-order valence-corrected chi connectivity index (χ0v) is 15.4. The summed E-state index contributed by atoms with van der Waals surface area (Å²) >= 11 is 0. The molecule has 1 atom stereocenters. The fourth-order valence-corrected chi connectivity index (χ4v) is 3.56. The molecule has 0 radical (unpaired) electrons. The van der Waals surface area contributed by atoms with Crippen molar-refractivity contribution < 1.29 is 14.6 Å². The summed E-state index contributed by atoms with van der Waals surface area (Å²) in [7, 11) is 0. The van der Waals surface area contributed by atoms with Crippen LogP contribution < -0.4 is 15.2 Å². The standard InChI is InChI=1S/C19H21N5O4/c1-2-28-14-8-12(24-7-3-4-11(9-24)19(26)27)5-6-13(14)16-22-17-15(18(25)23-16)20-10-21-17/h5-6,8,10-11H,2-4,7,9H2,1H3,(H,26,27)(H2,20,21,22,23,25). The van der Waals surface area contributed by atoms with Crippen LogP contribution in [-0.4, -0.2) is 50.7 Å². The molecule has 3 heterocycles. The van der Waals surface area contributed by atoms with Crippen molar-refractivity contribution in [1.82, 2.24) is 19.9 Å². The lowest BCUT2D eigenvalue weighted by atomic mass is 9.97. The smallest absolute Gasteiger partial charge is 0.308 e. The van der Waals surface area contributed by atoms with Gasteiger partial charge in [-0.25, -0.2) is 9.97 Å². The number of aromatic nitrogens is 4. The highest BCUT2D eigenvalue weighted by Crippen LogP contribution is 2.33. The van der Waals surface area contributed by atoms with E-state index in [0.717, 1.165) is 18.7 Å². The number of anilines is 1. The van der Waals surface area contributed by atoms with Crippen LogP contribution in [0.25, 0.3) is 22.6 Å². The van der Waals surface area contributed by atoms with E-state index in [1.165, 1.54) is 6.33 Å². The van der Waals surface area contributed by atoms with E-state index in [-0.39, 0.29) is 11.5 Å². The number of ether oxygens (including phenoxy) is 1. The quantitative estimate of drug-likeness (QED) is 0.615. The molecule has 3 aromatic rings. The number of piperidine rings is 1. The highest BCUT2D eigenvalue weighted by molar-refractivity contribution is 5.76. The van der Waals surface area contributed by atoms with Gasteiger partial charge in [0.05, 0.1) is 24.4 Å². The first-order valence-electron chi connectivity index (χ1n) is 9.25. The molecule has 3 N–H and O–H groups in total. The number of carboxylic acids is 1. The number of aromatic amines is 2. The van der Waals surface area contributed by atoms with Gasteiger partial charge in [0.15, 0.2) is 11.2 Å². The van der Waals surface area contributed by atoms with Gasteiger partial charge in [0.1, 0.15) is 11.6 Å². The molecule has 28 heavy (non-hydrogen) atoms. The van der Waals surface area contributed by atoms with E-state index in [9.17, 15) is 14.7 Å². The van der Waals surface area contributed by atoms with Crippen LogP contribution in [0.1, 0.15) is 19.8 Å². The average Bonchev–Trinajstić information content (AvgIpc) is 3.17. The Bertz CT molecular complexity index is 1070. The molecule has 1 aromatic carbocycles. The van der Waals surface area contributed by atoms with Gasteiger partial charge in [0.25, 0.3) is 5.56 Å². The second-order valence-corrected chi connectivity index (χ2v) is 6.75. The van der Waals surface area contributed by atoms with Crippen molar-refractivity contribution in [2.75, 3.05) is 24.6 Å². The highest BCUT2D eigenvalue weighted by Gasteiger charge is 2.26. The first kappa shape index (κ1) is 18.0. The van der Waals surface area contributed by atoms with Crippen LogP contribution in [0, 0.1) is 5.92 Å². The van der Waals surface area contributed by atoms with E-state index < -0.39 is 5.97 Å². The number of hydrogen-bond acceptors (Lipinski definition) is 6. The number of carbonyl (C=O) groups is 1. The fourth-order valence-electron chi connectivity index (χ4n) is 3.56. The first-order chi connectivity index (χ1) is 13.6. The number of carboxylic acid groups (broad SMARTS) is 1. The van der Waals surface area contributed by atoms with Crippen molar-refractivity contribution >= 4 is 22.8 Å². The summed E-state index contributed by atoms with van der Waals surface area (Å²) in [6.07, 6.45) is 2.95. The van der Waals surface area contributed by atoms with Crippen LogP contribution in [-0.2, 0) is 4.79 Å². The number of nitrogens with one attached hydrogen (secondary N) is 2. The fraction of sp³-hybridized carbons (Fsp3) is 0.368. The number of aliphatic carboxylic acids is 1. The predicted octanol–water partition coefficient (Wildman–Crippen LogP) is 2.01. The van der Waals surface area contributed by atoms with E-state index in [0.29, 0.717) is 47.9 Å². The molecule has 0 bridgehead atoms. The molecular weight excluding hydrogens is 362 g/mol. The Labute approximate surface area is 160 Å². The van der Waals surface area contributed by atoms with Gasteiger partial charge in [-0.3, -0.25) is 9.59 Å². The third-order valence-corrected chi connectivity index (χ3v) is 4.95. The maximum absolute atomic E-state index is 12.2. The van der Waals surface area contributed by atoms with Crippen LogP contribution in [0.2, 0.25) is 0 Å². The minimum Gasteiger partial charge on any atom is -0.493 e. The van der Waals surface area contributed by atoms with Crippen LogP contribution >= 0.6 is 0 Å². The molecule has 1 aliphatic rings. The van der Waals surface area contributed by atoms with E-state index in [1.807, 2.05) is 25.1 Å². The summed E-state index contributed by atoms with van der Waals surface area (Å²) in [6, 6.07) is 5.61. The first-order valence-corrected chi connectivity index (χ1v) is 9.25. The van der Waals surface area contributed by atoms with Crippen molar-refractivity contribution in [3.8, 4) is 17.1 Å². The predicted molar refractivity (Wildman–Crippen MR) is 104 cm³/mol. The molecule has 9 nitrogen and oxygen atoms in total. The van der Waals surface area contributed by atoms with Gasteiger partial charge in [0, 0.05) is 24.8 Å². The number of hydrogen-bond donors (Lipinski definition) is 3. The van der Waals surface area contributed by atoms with Crippen molar-refractivity contribution in [3.63, 3.8) is 0 Å². The summed E-state index contributed by atoms with van der Waals surface area (Å²) in [4.78, 5) is 39.7. The average molecular weight is 383 g/mol. The number of benzene rings is 1. The molecule has 1 fully saturated rings. The second-order valence-electron chi connectivity index (χ2n) is 6.75. The molecule has 4 rings (SSSR count). The number of H-pyrrole nitrogens is 2. The highest BCUT2D eigenvalue weighted by atomic mass is 16.5. The van der Waals surface area contributed by atoms with E-state index in [1.54, 1.807) is 0 Å². The van der Waals surface area contributed by atoms with Gasteiger partial charge in [0.2, 0.25) is 0 Å². The topological polar surface area (TPSA) is 124 Å². The van der Waals surface area contributed by atoms with E-state index in [4.69, 9.17) is 4.74 Å². The molecule has 2 aromatic heterocycles. The maximum Gasteiger partial charge on any atom is 0.308 e. The Kier molecular flexibility index (Phi) is 4.72. The van der Waals surface area contributed by atoms with Crippen molar-refractivity contribution in [2.45, 2.75) is 19.8 Å². The molecule has 1 aliphatic heterocycles. The van der Waals surface area contributed by atoms with Gasteiger partial charge in [-0.05, 0) is 31.9 Å². The Morgan fingerprint density at radius 1 is 1.43 bits per heavy atom. The Hall–Kier alpha value is -3.36. The third-order valence-electron chi connectivity index (χ3n) is 4.95. The van der Waals surface area contributed by atoms with Gasteiger partial charge in [-0.1, -0.05) is 0 Å². The largest absolute Gasteiger partial charge is 0.493 e. The van der Waals surface area contributed by atoms with Crippen LogP contribution in [0.3, 0.4) is 0 Å². The number of imidazole rings is 1. The number of fused-ring (bicyclic) bond motifs is 1.